The van der Waals surface area contributed by atoms with Gasteiger partial charge in [-0.3, -0.25) is 0 Å². The molecule has 29 heavy (non-hydrogen) atoms. The molecule has 3 nitrogen and oxygen atoms in total. The van der Waals surface area contributed by atoms with Crippen molar-refractivity contribution in [2.75, 3.05) is 6.61 Å². The molecule has 1 aliphatic rings. The highest BCUT2D eigenvalue weighted by Gasteiger charge is 2.29. The highest BCUT2D eigenvalue weighted by molar-refractivity contribution is 7.12. The predicted octanol–water partition coefficient (Wildman–Crippen LogP) is 4.62. The highest BCUT2D eigenvalue weighted by atomic mass is 32.1. The van der Waals surface area contributed by atoms with Crippen molar-refractivity contribution in [2.45, 2.75) is 71.1 Å². The lowest BCUT2D eigenvalue weighted by Crippen LogP contribution is -2.27. The molecule has 0 fully saturated rings. The molecule has 4 heteroatoms. The van der Waals surface area contributed by atoms with E-state index in [4.69, 9.17) is 4.74 Å². The summed E-state index contributed by atoms with van der Waals surface area (Å²) < 4.78 is 5.98. The van der Waals surface area contributed by atoms with Gasteiger partial charge in [-0.2, -0.15) is 0 Å². The molecule has 3 rings (SSSR count). The summed E-state index contributed by atoms with van der Waals surface area (Å²) in [7, 11) is 0. The zero-order valence-corrected chi connectivity index (χ0v) is 18.4. The van der Waals surface area contributed by atoms with Crippen LogP contribution in [0.5, 0.6) is 5.75 Å². The van der Waals surface area contributed by atoms with Gasteiger partial charge in [-0.05, 0) is 54.5 Å². The molecule has 2 heterocycles. The Hall–Kier alpha value is -2.25. The van der Waals surface area contributed by atoms with E-state index < -0.39 is 5.97 Å². The molecule has 0 amide bonds. The zero-order chi connectivity index (χ0) is 20.9. The van der Waals surface area contributed by atoms with E-state index in [1.165, 1.54) is 41.7 Å². The number of rotatable bonds is 7. The fraction of sp³-hybridized carbons (Fsp3) is 0.480. The quantitative estimate of drug-likeness (QED) is 0.495. The van der Waals surface area contributed by atoms with E-state index in [1.54, 1.807) is 0 Å². The number of aryl methyl sites for hydroxylation is 1. The van der Waals surface area contributed by atoms with Crippen LogP contribution in [0.2, 0.25) is 0 Å². The number of carboxylic acid groups (broad SMARTS) is 1. The number of carbonyl (C=O) groups is 1. The van der Waals surface area contributed by atoms with Crippen LogP contribution < -0.4 is 9.84 Å². The third-order valence-electron chi connectivity index (χ3n) is 5.52. The third-order valence-corrected chi connectivity index (χ3v) is 6.52. The van der Waals surface area contributed by atoms with Gasteiger partial charge < -0.3 is 14.6 Å². The van der Waals surface area contributed by atoms with Crippen LogP contribution in [0.15, 0.2) is 24.3 Å². The van der Waals surface area contributed by atoms with Gasteiger partial charge in [-0.1, -0.05) is 51.9 Å². The molecule has 0 N–H and O–H groups in total. The molecule has 0 spiro atoms. The Bertz CT molecular complexity index is 927. The summed E-state index contributed by atoms with van der Waals surface area (Å²) in [5, 5.41) is 10.8. The largest absolute Gasteiger partial charge is 0.550 e. The summed E-state index contributed by atoms with van der Waals surface area (Å²) in [6.45, 7) is 7.51. The minimum absolute atomic E-state index is 0.0562. The van der Waals surface area contributed by atoms with E-state index >= 15 is 0 Å². The van der Waals surface area contributed by atoms with Gasteiger partial charge in [-0.25, -0.2) is 0 Å². The Balaban J connectivity index is 1.91. The van der Waals surface area contributed by atoms with Gasteiger partial charge >= 0.3 is 0 Å². The first kappa shape index (κ1) is 21.5. The van der Waals surface area contributed by atoms with Crippen LogP contribution in [0.1, 0.15) is 79.3 Å². The number of fused-ring (bicyclic) bond motifs is 1. The molecule has 2 aromatic rings. The second-order valence-electron chi connectivity index (χ2n) is 8.36. The van der Waals surface area contributed by atoms with Crippen molar-refractivity contribution in [1.29, 1.82) is 0 Å². The Labute approximate surface area is 178 Å². The molecule has 0 aliphatic carbocycles. The summed E-state index contributed by atoms with van der Waals surface area (Å²) in [6.07, 6.45) is 6.80. The lowest BCUT2D eigenvalue weighted by molar-refractivity contribution is -0.304. The lowest BCUT2D eigenvalue weighted by Gasteiger charge is -2.33. The Kier molecular flexibility index (Phi) is 7.03. The monoisotopic (exact) mass is 409 g/mol. The molecular weight excluding hydrogens is 380 g/mol. The minimum Gasteiger partial charge on any atom is -0.550 e. The molecule has 154 valence electrons. The molecule has 1 aromatic carbocycles. The fourth-order valence-corrected chi connectivity index (χ4v) is 4.54. The number of carboxylic acids is 1. The number of thiophene rings is 1. The fourth-order valence-electron chi connectivity index (χ4n) is 3.70. The second-order valence-corrected chi connectivity index (χ2v) is 9.53. The second kappa shape index (κ2) is 9.50. The van der Waals surface area contributed by atoms with E-state index in [2.05, 4.69) is 44.7 Å². The van der Waals surface area contributed by atoms with Crippen LogP contribution in [0, 0.1) is 11.8 Å². The summed E-state index contributed by atoms with van der Waals surface area (Å²) >= 11 is 1.42. The van der Waals surface area contributed by atoms with Crippen LogP contribution in [0.25, 0.3) is 0 Å². The first-order chi connectivity index (χ1) is 13.9. The van der Waals surface area contributed by atoms with E-state index in [-0.39, 0.29) is 11.8 Å². The summed E-state index contributed by atoms with van der Waals surface area (Å²) in [6, 6.07) is 8.12. The first-order valence-electron chi connectivity index (χ1n) is 10.5. The van der Waals surface area contributed by atoms with E-state index in [0.717, 1.165) is 46.9 Å². The van der Waals surface area contributed by atoms with Crippen LogP contribution in [-0.4, -0.2) is 12.6 Å². The average molecular weight is 410 g/mol. The number of hydrogen-bond acceptors (Lipinski definition) is 4. The van der Waals surface area contributed by atoms with Crippen molar-refractivity contribution in [3.05, 3.63) is 50.7 Å². The molecule has 0 saturated heterocycles. The van der Waals surface area contributed by atoms with Gasteiger partial charge in [0, 0.05) is 28.4 Å². The first-order valence-corrected chi connectivity index (χ1v) is 11.3. The smallest absolute Gasteiger partial charge is 0.123 e. The van der Waals surface area contributed by atoms with Crippen LogP contribution in [0.3, 0.4) is 0 Å². The predicted molar refractivity (Wildman–Crippen MR) is 116 cm³/mol. The summed E-state index contributed by atoms with van der Waals surface area (Å²) in [5.41, 5.74) is 3.62. The average Bonchev–Trinajstić information content (AvgIpc) is 3.10. The number of hydrogen-bond donors (Lipinski definition) is 0. The Morgan fingerprint density at radius 1 is 1.21 bits per heavy atom. The molecule has 0 radical (unpaired) electrons. The minimum atomic E-state index is -1.06. The van der Waals surface area contributed by atoms with Gasteiger partial charge in [-0.15, -0.1) is 11.3 Å². The van der Waals surface area contributed by atoms with Crippen molar-refractivity contribution >= 4 is 17.3 Å². The maximum Gasteiger partial charge on any atom is 0.123 e. The maximum absolute atomic E-state index is 10.8. The molecule has 0 unspecified atom stereocenters. The van der Waals surface area contributed by atoms with Gasteiger partial charge in [0.25, 0.3) is 0 Å². The van der Waals surface area contributed by atoms with E-state index in [0.29, 0.717) is 0 Å². The molecule has 1 aromatic heterocycles. The molecule has 0 bridgehead atoms. The zero-order valence-electron chi connectivity index (χ0n) is 17.6. The van der Waals surface area contributed by atoms with Crippen molar-refractivity contribution in [3.8, 4) is 17.6 Å². The van der Waals surface area contributed by atoms with Crippen LogP contribution >= 0.6 is 11.3 Å². The third kappa shape index (κ3) is 5.64. The standard InChI is InChI=1S/C25H30O3S/c1-4-5-6-7-8-18-16-23-22(25(2,3)13-14-28-23)15-19(18)9-10-20-11-12-21(29-20)17-24(26)27/h11-12,15-16H,4-8,13-14,17H2,1-3H3,(H,26,27)/p-1. The normalized spacial score (nSPS) is 14.4. The number of aliphatic carboxylic acids is 1. The topological polar surface area (TPSA) is 49.4 Å². The van der Waals surface area contributed by atoms with Crippen LogP contribution in [-0.2, 0) is 23.1 Å². The number of ether oxygens (including phenoxy) is 1. The molecule has 1 aliphatic heterocycles. The SMILES string of the molecule is CCCCCCc1cc2c(cc1C#Cc1ccc(CC(=O)[O-])s1)C(C)(C)CCO2. The van der Waals surface area contributed by atoms with E-state index in [9.17, 15) is 9.90 Å². The Morgan fingerprint density at radius 2 is 2.03 bits per heavy atom. The number of benzene rings is 1. The highest BCUT2D eigenvalue weighted by Crippen LogP contribution is 2.40. The van der Waals surface area contributed by atoms with Crippen LogP contribution in [0.4, 0.5) is 0 Å². The van der Waals surface area contributed by atoms with Gasteiger partial charge in [0.1, 0.15) is 5.75 Å². The molecule has 0 saturated carbocycles. The van der Waals surface area contributed by atoms with Crippen molar-refractivity contribution in [2.24, 2.45) is 0 Å². The van der Waals surface area contributed by atoms with Gasteiger partial charge in [0.15, 0.2) is 0 Å². The number of unbranched alkanes of at least 4 members (excludes halogenated alkanes) is 3. The number of carbonyl (C=O) groups excluding carboxylic acids is 1. The van der Waals surface area contributed by atoms with E-state index in [1.807, 2.05) is 12.1 Å². The maximum atomic E-state index is 10.8. The lowest BCUT2D eigenvalue weighted by atomic mass is 9.78. The summed E-state index contributed by atoms with van der Waals surface area (Å²) in [5.74, 6) is 6.56. The Morgan fingerprint density at radius 3 is 2.79 bits per heavy atom. The van der Waals surface area contributed by atoms with Crippen molar-refractivity contribution in [3.63, 3.8) is 0 Å². The van der Waals surface area contributed by atoms with Gasteiger partial charge in [0.05, 0.1) is 11.5 Å². The molecular formula is C25H29O3S-. The summed E-state index contributed by atoms with van der Waals surface area (Å²) in [4.78, 5) is 12.4. The van der Waals surface area contributed by atoms with Crippen molar-refractivity contribution < 1.29 is 14.6 Å². The van der Waals surface area contributed by atoms with Crippen molar-refractivity contribution in [1.82, 2.24) is 0 Å². The van der Waals surface area contributed by atoms with Gasteiger partial charge in [0.2, 0.25) is 0 Å². The molecule has 0 atom stereocenters.